The van der Waals surface area contributed by atoms with Crippen LogP contribution in [0, 0.1) is 6.92 Å². The van der Waals surface area contributed by atoms with Gasteiger partial charge in [0.05, 0.1) is 6.04 Å². The van der Waals surface area contributed by atoms with Gasteiger partial charge in [-0.3, -0.25) is 4.98 Å². The lowest BCUT2D eigenvalue weighted by molar-refractivity contribution is 0.629. The zero-order valence-corrected chi connectivity index (χ0v) is 12.9. The third kappa shape index (κ3) is 3.45. The number of hydrogen-bond donors (Lipinski definition) is 1. The van der Waals surface area contributed by atoms with Crippen molar-refractivity contribution in [3.05, 3.63) is 65.0 Å². The molecule has 0 aliphatic rings. The Morgan fingerprint density at radius 2 is 1.65 bits per heavy atom. The van der Waals surface area contributed by atoms with Crippen LogP contribution in [0.25, 0.3) is 0 Å². The van der Waals surface area contributed by atoms with Crippen molar-refractivity contribution in [1.29, 1.82) is 0 Å². The standard InChI is InChI=1S/C18H24N2/c1-5-19-18(17-10-11-20-14(4)12-17)16-8-6-15(7-9-16)13(2)3/h6-13,18-19H,5H2,1-4H3. The van der Waals surface area contributed by atoms with E-state index in [-0.39, 0.29) is 6.04 Å². The molecule has 0 fully saturated rings. The van der Waals surface area contributed by atoms with Crippen LogP contribution in [0.2, 0.25) is 0 Å². The fourth-order valence-electron chi connectivity index (χ4n) is 2.45. The van der Waals surface area contributed by atoms with Crippen molar-refractivity contribution in [2.75, 3.05) is 6.54 Å². The van der Waals surface area contributed by atoms with Gasteiger partial charge in [-0.2, -0.15) is 0 Å². The summed E-state index contributed by atoms with van der Waals surface area (Å²) >= 11 is 0. The second-order valence-electron chi connectivity index (χ2n) is 5.54. The summed E-state index contributed by atoms with van der Waals surface area (Å²) in [6.07, 6.45) is 1.89. The molecule has 0 radical (unpaired) electrons. The van der Waals surface area contributed by atoms with Gasteiger partial charge in [0.1, 0.15) is 0 Å². The van der Waals surface area contributed by atoms with E-state index in [1.807, 2.05) is 13.1 Å². The van der Waals surface area contributed by atoms with E-state index in [1.165, 1.54) is 16.7 Å². The Kier molecular flexibility index (Phi) is 4.91. The highest BCUT2D eigenvalue weighted by atomic mass is 14.9. The summed E-state index contributed by atoms with van der Waals surface area (Å²) in [4.78, 5) is 4.29. The van der Waals surface area contributed by atoms with E-state index >= 15 is 0 Å². The number of benzene rings is 1. The van der Waals surface area contributed by atoms with Crippen molar-refractivity contribution in [2.24, 2.45) is 0 Å². The fourth-order valence-corrected chi connectivity index (χ4v) is 2.45. The van der Waals surface area contributed by atoms with E-state index in [0.717, 1.165) is 12.2 Å². The van der Waals surface area contributed by atoms with Crippen molar-refractivity contribution in [2.45, 2.75) is 39.7 Å². The molecule has 0 aliphatic carbocycles. The van der Waals surface area contributed by atoms with Crippen LogP contribution in [0.4, 0.5) is 0 Å². The minimum absolute atomic E-state index is 0.239. The fraction of sp³-hybridized carbons (Fsp3) is 0.389. The average Bonchev–Trinajstić information content (AvgIpc) is 2.45. The molecule has 0 bridgehead atoms. The number of nitrogens with zero attached hydrogens (tertiary/aromatic N) is 1. The van der Waals surface area contributed by atoms with Crippen LogP contribution >= 0.6 is 0 Å². The number of pyridine rings is 1. The zero-order valence-electron chi connectivity index (χ0n) is 12.9. The van der Waals surface area contributed by atoms with E-state index in [1.54, 1.807) is 0 Å². The van der Waals surface area contributed by atoms with Gasteiger partial charge >= 0.3 is 0 Å². The summed E-state index contributed by atoms with van der Waals surface area (Å²) in [5.74, 6) is 0.574. The van der Waals surface area contributed by atoms with E-state index in [4.69, 9.17) is 0 Å². The normalized spacial score (nSPS) is 12.7. The van der Waals surface area contributed by atoms with Crippen LogP contribution in [0.5, 0.6) is 0 Å². The van der Waals surface area contributed by atoms with Gasteiger partial charge in [-0.1, -0.05) is 45.0 Å². The SMILES string of the molecule is CCNC(c1ccc(C(C)C)cc1)c1ccnc(C)c1. The molecule has 1 aromatic heterocycles. The summed E-state index contributed by atoms with van der Waals surface area (Å²) < 4.78 is 0. The lowest BCUT2D eigenvalue weighted by atomic mass is 9.95. The van der Waals surface area contributed by atoms with E-state index in [2.05, 4.69) is 67.5 Å². The van der Waals surface area contributed by atoms with Gasteiger partial charge in [0.15, 0.2) is 0 Å². The highest BCUT2D eigenvalue weighted by molar-refractivity contribution is 5.34. The monoisotopic (exact) mass is 268 g/mol. The third-order valence-electron chi connectivity index (χ3n) is 3.60. The Bertz CT molecular complexity index is 544. The van der Waals surface area contributed by atoms with Gasteiger partial charge in [0, 0.05) is 11.9 Å². The molecular weight excluding hydrogens is 244 g/mol. The molecule has 1 heterocycles. The first-order chi connectivity index (χ1) is 9.61. The Morgan fingerprint density at radius 1 is 1.00 bits per heavy atom. The predicted molar refractivity (Wildman–Crippen MR) is 85.0 cm³/mol. The molecular formula is C18H24N2. The lowest BCUT2D eigenvalue weighted by Gasteiger charge is -2.20. The van der Waals surface area contributed by atoms with Gasteiger partial charge in [0.25, 0.3) is 0 Å². The molecule has 1 atom stereocenters. The van der Waals surface area contributed by atoms with Crippen LogP contribution in [0.1, 0.15) is 55.1 Å². The molecule has 0 saturated heterocycles. The second kappa shape index (κ2) is 6.67. The highest BCUT2D eigenvalue weighted by Gasteiger charge is 2.13. The van der Waals surface area contributed by atoms with Crippen LogP contribution in [-0.2, 0) is 0 Å². The summed E-state index contributed by atoms with van der Waals surface area (Å²) in [6, 6.07) is 13.4. The van der Waals surface area contributed by atoms with Crippen molar-refractivity contribution in [1.82, 2.24) is 10.3 Å². The van der Waals surface area contributed by atoms with Crippen molar-refractivity contribution in [3.8, 4) is 0 Å². The molecule has 2 nitrogen and oxygen atoms in total. The molecule has 106 valence electrons. The largest absolute Gasteiger partial charge is 0.307 e. The molecule has 1 aromatic carbocycles. The average molecular weight is 268 g/mol. The summed E-state index contributed by atoms with van der Waals surface area (Å²) in [5.41, 5.74) is 5.03. The first-order valence-electron chi connectivity index (χ1n) is 7.37. The van der Waals surface area contributed by atoms with Gasteiger partial charge in [-0.05, 0) is 48.2 Å². The van der Waals surface area contributed by atoms with Crippen LogP contribution < -0.4 is 5.32 Å². The number of nitrogens with one attached hydrogen (secondary N) is 1. The van der Waals surface area contributed by atoms with E-state index < -0.39 is 0 Å². The summed E-state index contributed by atoms with van der Waals surface area (Å²) in [5, 5.41) is 3.56. The number of aryl methyl sites for hydroxylation is 1. The second-order valence-corrected chi connectivity index (χ2v) is 5.54. The van der Waals surface area contributed by atoms with E-state index in [9.17, 15) is 0 Å². The summed E-state index contributed by atoms with van der Waals surface area (Å²) in [7, 11) is 0. The quantitative estimate of drug-likeness (QED) is 0.878. The highest BCUT2D eigenvalue weighted by Crippen LogP contribution is 2.24. The maximum absolute atomic E-state index is 4.29. The van der Waals surface area contributed by atoms with Gasteiger partial charge in [-0.15, -0.1) is 0 Å². The smallest absolute Gasteiger partial charge is 0.0577 e. The van der Waals surface area contributed by atoms with Crippen LogP contribution in [0.3, 0.4) is 0 Å². The van der Waals surface area contributed by atoms with Crippen molar-refractivity contribution in [3.63, 3.8) is 0 Å². The number of hydrogen-bond acceptors (Lipinski definition) is 2. The van der Waals surface area contributed by atoms with E-state index in [0.29, 0.717) is 5.92 Å². The predicted octanol–water partition coefficient (Wildman–Crippen LogP) is 4.21. The Hall–Kier alpha value is -1.67. The minimum Gasteiger partial charge on any atom is -0.307 e. The molecule has 0 aliphatic heterocycles. The molecule has 1 N–H and O–H groups in total. The molecule has 20 heavy (non-hydrogen) atoms. The molecule has 2 heteroatoms. The van der Waals surface area contributed by atoms with Gasteiger partial charge < -0.3 is 5.32 Å². The molecule has 0 spiro atoms. The Labute approximate surface area is 122 Å². The van der Waals surface area contributed by atoms with Gasteiger partial charge in [0.2, 0.25) is 0 Å². The van der Waals surface area contributed by atoms with Crippen molar-refractivity contribution >= 4 is 0 Å². The Morgan fingerprint density at radius 3 is 2.20 bits per heavy atom. The maximum Gasteiger partial charge on any atom is 0.0577 e. The maximum atomic E-state index is 4.29. The van der Waals surface area contributed by atoms with Gasteiger partial charge in [-0.25, -0.2) is 0 Å². The molecule has 0 amide bonds. The third-order valence-corrected chi connectivity index (χ3v) is 3.60. The lowest BCUT2D eigenvalue weighted by Crippen LogP contribution is -2.22. The number of aromatic nitrogens is 1. The topological polar surface area (TPSA) is 24.9 Å². The minimum atomic E-state index is 0.239. The molecule has 0 saturated carbocycles. The number of rotatable bonds is 5. The van der Waals surface area contributed by atoms with Crippen molar-refractivity contribution < 1.29 is 0 Å². The Balaban J connectivity index is 2.33. The zero-order chi connectivity index (χ0) is 14.5. The van der Waals surface area contributed by atoms with Crippen LogP contribution in [0.15, 0.2) is 42.6 Å². The molecule has 1 unspecified atom stereocenters. The molecule has 2 rings (SSSR count). The first kappa shape index (κ1) is 14.7. The first-order valence-corrected chi connectivity index (χ1v) is 7.37. The van der Waals surface area contributed by atoms with Crippen LogP contribution in [-0.4, -0.2) is 11.5 Å². The summed E-state index contributed by atoms with van der Waals surface area (Å²) in [6.45, 7) is 9.57. The molecule has 2 aromatic rings.